The van der Waals surface area contributed by atoms with Gasteiger partial charge in [0.15, 0.2) is 0 Å². The number of ether oxygens (including phenoxy) is 1. The summed E-state index contributed by atoms with van der Waals surface area (Å²) in [5.41, 5.74) is 0. The van der Waals surface area contributed by atoms with Gasteiger partial charge in [0, 0.05) is 12.8 Å². The van der Waals surface area contributed by atoms with Crippen LogP contribution in [0.15, 0.2) is 0 Å². The van der Waals surface area contributed by atoms with Gasteiger partial charge in [-0.3, -0.25) is 4.79 Å². The Bertz CT molecular complexity index is 186. The van der Waals surface area contributed by atoms with Crippen LogP contribution in [0.4, 0.5) is 0 Å². The number of hydrogen-bond acceptors (Lipinski definition) is 3. The van der Waals surface area contributed by atoms with Gasteiger partial charge in [0.25, 0.3) is 0 Å². The molecule has 1 aliphatic rings. The highest BCUT2D eigenvalue weighted by molar-refractivity contribution is 5.75. The zero-order valence-corrected chi connectivity index (χ0v) is 7.34. The lowest BCUT2D eigenvalue weighted by atomic mass is 10.1. The van der Waals surface area contributed by atoms with Crippen LogP contribution in [0, 0.1) is 0 Å². The molecule has 1 saturated heterocycles. The Kier molecular flexibility index (Phi) is 3.26. The van der Waals surface area contributed by atoms with Gasteiger partial charge in [-0.1, -0.05) is 0 Å². The minimum absolute atomic E-state index is 0.0804. The summed E-state index contributed by atoms with van der Waals surface area (Å²) in [4.78, 5) is 21.2. The fraction of sp³-hybridized carbons (Fsp3) is 0.778. The Morgan fingerprint density at radius 2 is 2.42 bits per heavy atom. The molecule has 0 aliphatic carbocycles. The molecule has 0 aromatic rings. The highest BCUT2D eigenvalue weighted by atomic mass is 16.5. The van der Waals surface area contributed by atoms with E-state index in [1.807, 2.05) is 0 Å². The molecule has 0 bridgehead atoms. The number of ketones is 1. The molecule has 1 aliphatic heterocycles. The Hall–Kier alpha value is -0.860. The quantitative estimate of drug-likeness (QED) is 0.600. The molecule has 3 nitrogen and oxygen atoms in total. The minimum atomic E-state index is -0.0946. The number of esters is 1. The number of carbonyl (C=O) groups is 2. The first kappa shape index (κ1) is 9.23. The fourth-order valence-electron chi connectivity index (χ4n) is 1.36. The third kappa shape index (κ3) is 3.03. The van der Waals surface area contributed by atoms with E-state index in [1.54, 1.807) is 6.92 Å². The summed E-state index contributed by atoms with van der Waals surface area (Å²) in [6.07, 6.45) is 3.74. The average molecular weight is 170 g/mol. The summed E-state index contributed by atoms with van der Waals surface area (Å²) in [5.74, 6) is 0.113. The van der Waals surface area contributed by atoms with Gasteiger partial charge in [0.1, 0.15) is 11.9 Å². The molecule has 1 unspecified atom stereocenters. The monoisotopic (exact) mass is 170 g/mol. The van der Waals surface area contributed by atoms with Crippen molar-refractivity contribution in [2.75, 3.05) is 0 Å². The summed E-state index contributed by atoms with van der Waals surface area (Å²) in [7, 11) is 0. The normalized spacial score (nSPS) is 22.4. The van der Waals surface area contributed by atoms with Crippen LogP contribution in [0.2, 0.25) is 0 Å². The van der Waals surface area contributed by atoms with Crippen LogP contribution in [0.5, 0.6) is 0 Å². The van der Waals surface area contributed by atoms with E-state index in [1.165, 1.54) is 0 Å². The Balaban J connectivity index is 2.08. The second kappa shape index (κ2) is 4.24. The molecule has 0 radical (unpaired) electrons. The van der Waals surface area contributed by atoms with Crippen LogP contribution in [0.1, 0.15) is 39.0 Å². The van der Waals surface area contributed by atoms with E-state index in [-0.39, 0.29) is 17.9 Å². The lowest BCUT2D eigenvalue weighted by Gasteiger charge is -2.06. The molecular formula is C9H14O3. The van der Waals surface area contributed by atoms with E-state index in [0.717, 1.165) is 19.3 Å². The Morgan fingerprint density at radius 3 is 2.92 bits per heavy atom. The standard InChI is InChI=1S/C9H14O3/c1-7(10)3-2-4-8-5-6-9(11)12-8/h8H,2-6H2,1H3. The number of hydrogen-bond donors (Lipinski definition) is 0. The van der Waals surface area contributed by atoms with Crippen molar-refractivity contribution in [2.24, 2.45) is 0 Å². The third-order valence-electron chi connectivity index (χ3n) is 2.02. The predicted octanol–water partition coefficient (Wildman–Crippen LogP) is 1.45. The van der Waals surface area contributed by atoms with Gasteiger partial charge >= 0.3 is 5.97 Å². The molecule has 0 aromatic heterocycles. The van der Waals surface area contributed by atoms with Crippen molar-refractivity contribution in [3.63, 3.8) is 0 Å². The first-order chi connectivity index (χ1) is 5.68. The second-order valence-electron chi connectivity index (χ2n) is 3.24. The maximum absolute atomic E-state index is 10.7. The molecule has 1 fully saturated rings. The molecule has 0 N–H and O–H groups in total. The molecule has 0 saturated carbocycles. The summed E-state index contributed by atoms with van der Waals surface area (Å²) in [6.45, 7) is 1.58. The van der Waals surface area contributed by atoms with E-state index < -0.39 is 0 Å². The SMILES string of the molecule is CC(=O)CCCC1CCC(=O)O1. The van der Waals surface area contributed by atoms with Crippen molar-refractivity contribution in [1.29, 1.82) is 0 Å². The largest absolute Gasteiger partial charge is 0.462 e. The van der Waals surface area contributed by atoms with E-state index in [9.17, 15) is 9.59 Å². The van der Waals surface area contributed by atoms with Crippen LogP contribution in [0.25, 0.3) is 0 Å². The molecule has 1 rings (SSSR count). The van der Waals surface area contributed by atoms with Gasteiger partial charge in [-0.15, -0.1) is 0 Å². The first-order valence-electron chi connectivity index (χ1n) is 4.37. The van der Waals surface area contributed by atoms with E-state index in [0.29, 0.717) is 12.8 Å². The van der Waals surface area contributed by atoms with E-state index >= 15 is 0 Å². The van der Waals surface area contributed by atoms with Gasteiger partial charge in [-0.2, -0.15) is 0 Å². The lowest BCUT2D eigenvalue weighted by Crippen LogP contribution is -2.07. The topological polar surface area (TPSA) is 43.4 Å². The highest BCUT2D eigenvalue weighted by Crippen LogP contribution is 2.18. The zero-order chi connectivity index (χ0) is 8.97. The van der Waals surface area contributed by atoms with Gasteiger partial charge in [-0.25, -0.2) is 0 Å². The van der Waals surface area contributed by atoms with Crippen LogP contribution in [-0.4, -0.2) is 17.9 Å². The van der Waals surface area contributed by atoms with Crippen molar-refractivity contribution >= 4 is 11.8 Å². The maximum atomic E-state index is 10.7. The molecular weight excluding hydrogens is 156 g/mol. The van der Waals surface area contributed by atoms with Crippen molar-refractivity contribution in [1.82, 2.24) is 0 Å². The lowest BCUT2D eigenvalue weighted by molar-refractivity contribution is -0.141. The zero-order valence-electron chi connectivity index (χ0n) is 7.34. The number of Topliss-reactive ketones (excluding diaryl/α,β-unsaturated/α-hetero) is 1. The second-order valence-corrected chi connectivity index (χ2v) is 3.24. The minimum Gasteiger partial charge on any atom is -0.462 e. The van der Waals surface area contributed by atoms with Crippen molar-refractivity contribution in [3.05, 3.63) is 0 Å². The van der Waals surface area contributed by atoms with Gasteiger partial charge in [-0.05, 0) is 26.2 Å². The van der Waals surface area contributed by atoms with E-state index in [4.69, 9.17) is 4.74 Å². The van der Waals surface area contributed by atoms with Crippen molar-refractivity contribution in [2.45, 2.75) is 45.1 Å². The number of rotatable bonds is 4. The number of cyclic esters (lactones) is 1. The van der Waals surface area contributed by atoms with Crippen LogP contribution in [0.3, 0.4) is 0 Å². The predicted molar refractivity (Wildman–Crippen MR) is 43.6 cm³/mol. The molecule has 68 valence electrons. The van der Waals surface area contributed by atoms with Crippen molar-refractivity contribution < 1.29 is 14.3 Å². The van der Waals surface area contributed by atoms with Crippen LogP contribution < -0.4 is 0 Å². The summed E-state index contributed by atoms with van der Waals surface area (Å²) in [6, 6.07) is 0. The fourth-order valence-corrected chi connectivity index (χ4v) is 1.36. The number of carbonyl (C=O) groups excluding carboxylic acids is 2. The average Bonchev–Trinajstić information content (AvgIpc) is 2.35. The molecule has 0 spiro atoms. The van der Waals surface area contributed by atoms with Crippen molar-refractivity contribution in [3.8, 4) is 0 Å². The molecule has 3 heteroatoms. The summed E-state index contributed by atoms with van der Waals surface area (Å²) < 4.78 is 4.99. The summed E-state index contributed by atoms with van der Waals surface area (Å²) in [5, 5.41) is 0. The van der Waals surface area contributed by atoms with Crippen LogP contribution in [-0.2, 0) is 14.3 Å². The van der Waals surface area contributed by atoms with E-state index in [2.05, 4.69) is 0 Å². The van der Waals surface area contributed by atoms with Crippen LogP contribution >= 0.6 is 0 Å². The molecule has 1 atom stereocenters. The summed E-state index contributed by atoms with van der Waals surface area (Å²) >= 11 is 0. The van der Waals surface area contributed by atoms with Gasteiger partial charge in [0.05, 0.1) is 0 Å². The highest BCUT2D eigenvalue weighted by Gasteiger charge is 2.22. The Morgan fingerprint density at radius 1 is 1.67 bits per heavy atom. The first-order valence-corrected chi connectivity index (χ1v) is 4.37. The Labute approximate surface area is 72.1 Å². The molecule has 12 heavy (non-hydrogen) atoms. The van der Waals surface area contributed by atoms with Gasteiger partial charge < -0.3 is 9.53 Å². The third-order valence-corrected chi connectivity index (χ3v) is 2.02. The van der Waals surface area contributed by atoms with Gasteiger partial charge in [0.2, 0.25) is 0 Å². The smallest absolute Gasteiger partial charge is 0.306 e. The molecule has 0 aromatic carbocycles. The maximum Gasteiger partial charge on any atom is 0.306 e. The molecule has 1 heterocycles. The molecule has 0 amide bonds.